The molecule has 1 heterocycles. The molecule has 4 N–H and O–H groups in total. The number of anilines is 2. The third-order valence-electron chi connectivity index (χ3n) is 6.78. The van der Waals surface area contributed by atoms with Crippen molar-refractivity contribution in [1.82, 2.24) is 4.98 Å². The molecule has 0 unspecified atom stereocenters. The van der Waals surface area contributed by atoms with Gasteiger partial charge in [-0.3, -0.25) is 14.8 Å². The first kappa shape index (κ1) is 21.6. The van der Waals surface area contributed by atoms with E-state index in [1.807, 2.05) is 18.2 Å². The highest BCUT2D eigenvalue weighted by Gasteiger charge is 2.33. The van der Waals surface area contributed by atoms with Gasteiger partial charge in [-0.05, 0) is 73.9 Å². The van der Waals surface area contributed by atoms with Gasteiger partial charge in [0.15, 0.2) is 5.78 Å². The summed E-state index contributed by atoms with van der Waals surface area (Å²) in [6.07, 6.45) is 9.49. The molecule has 2 aliphatic rings. The van der Waals surface area contributed by atoms with E-state index in [0.29, 0.717) is 6.04 Å². The van der Waals surface area contributed by atoms with Crippen molar-refractivity contribution in [3.63, 3.8) is 0 Å². The van der Waals surface area contributed by atoms with Crippen molar-refractivity contribution in [3.8, 4) is 11.1 Å². The second-order valence-corrected chi connectivity index (χ2v) is 9.28. The first-order valence-electron chi connectivity index (χ1n) is 11.9. The molecule has 0 radical (unpaired) electrons. The lowest BCUT2D eigenvalue weighted by Gasteiger charge is -2.29. The van der Waals surface area contributed by atoms with Crippen LogP contribution >= 0.6 is 0 Å². The number of fused-ring (bicyclic) bond motifs is 1. The number of carbonyl (C=O) groups excluding carboxylic acids is 1. The molecule has 6 heteroatoms. The number of carbonyl (C=O) groups is 1. The maximum absolute atomic E-state index is 13.1. The number of benzene rings is 2. The van der Waals surface area contributed by atoms with Gasteiger partial charge in [0.25, 0.3) is 0 Å². The summed E-state index contributed by atoms with van der Waals surface area (Å²) in [5.41, 5.74) is 11.9. The molecular formula is C27H31N5O. The fourth-order valence-corrected chi connectivity index (χ4v) is 4.65. The molecule has 0 aliphatic heterocycles. The molecule has 0 spiro atoms. The number of nitrogens with zero attached hydrogens (tertiary/aromatic N) is 2. The molecule has 0 saturated heterocycles. The van der Waals surface area contributed by atoms with Crippen molar-refractivity contribution < 1.29 is 4.79 Å². The molecule has 2 aliphatic carbocycles. The van der Waals surface area contributed by atoms with E-state index in [2.05, 4.69) is 44.9 Å². The quantitative estimate of drug-likeness (QED) is 0.265. The predicted octanol–water partition coefficient (Wildman–Crippen LogP) is 5.25. The molecule has 0 atom stereocenters. The van der Waals surface area contributed by atoms with E-state index >= 15 is 0 Å². The van der Waals surface area contributed by atoms with Gasteiger partial charge in [0.1, 0.15) is 0 Å². The minimum Gasteiger partial charge on any atom is -0.381 e. The lowest BCUT2D eigenvalue weighted by atomic mass is 9.91. The van der Waals surface area contributed by atoms with Gasteiger partial charge in [0, 0.05) is 42.3 Å². The highest BCUT2D eigenvalue weighted by molar-refractivity contribution is 6.10. The van der Waals surface area contributed by atoms with Gasteiger partial charge in [-0.2, -0.15) is 0 Å². The zero-order valence-electron chi connectivity index (χ0n) is 19.1. The molecule has 33 heavy (non-hydrogen) atoms. The lowest BCUT2D eigenvalue weighted by molar-refractivity contribution is 0.0968. The lowest BCUT2D eigenvalue weighted by Crippen LogP contribution is -2.33. The third-order valence-corrected chi connectivity index (χ3v) is 6.78. The standard InChI is InChI=1S/C27H31N5O/c1-29-16-31-21-9-4-17(5-10-21)19-6-13-25-23(14-19)26(32-22-11-7-20(28)8-12-22)24(15-30-25)27(33)18-2-3-18/h4-6,9-10,13-16,18,20,22H,2-3,7-8,11-12,28H2,1H3,(H,29,31)(H,30,32). The van der Waals surface area contributed by atoms with Crippen molar-refractivity contribution in [1.29, 1.82) is 0 Å². The SMILES string of the molecule is CN=CNc1ccc(-c2ccc3ncc(C(=O)C4CC4)c(NC4CCC(N)CC4)c3c2)cc1. The molecule has 3 aromatic rings. The topological polar surface area (TPSA) is 92.4 Å². The van der Waals surface area contributed by atoms with Crippen LogP contribution in [-0.4, -0.2) is 36.2 Å². The Hall–Kier alpha value is -3.25. The van der Waals surface area contributed by atoms with E-state index in [0.717, 1.165) is 77.5 Å². The molecule has 2 fully saturated rings. The summed E-state index contributed by atoms with van der Waals surface area (Å²) in [6, 6.07) is 15.2. The zero-order chi connectivity index (χ0) is 22.8. The molecule has 0 bridgehead atoms. The normalized spacial score (nSPS) is 20.8. The largest absolute Gasteiger partial charge is 0.381 e. The molecule has 2 aromatic carbocycles. The molecule has 2 saturated carbocycles. The summed E-state index contributed by atoms with van der Waals surface area (Å²) in [5.74, 6) is 0.372. The molecule has 170 valence electrons. The third kappa shape index (κ3) is 4.76. The van der Waals surface area contributed by atoms with Crippen LogP contribution in [0.4, 0.5) is 11.4 Å². The van der Waals surface area contributed by atoms with Gasteiger partial charge in [-0.1, -0.05) is 18.2 Å². The first-order valence-corrected chi connectivity index (χ1v) is 11.9. The number of aliphatic imine (C=N–C) groups is 1. The van der Waals surface area contributed by atoms with Crippen molar-refractivity contribution in [2.75, 3.05) is 17.7 Å². The monoisotopic (exact) mass is 441 g/mol. The molecule has 1 aromatic heterocycles. The number of hydrogen-bond acceptors (Lipinski definition) is 5. The number of hydrogen-bond donors (Lipinski definition) is 3. The average molecular weight is 442 g/mol. The van der Waals surface area contributed by atoms with Crippen LogP contribution in [0, 0.1) is 5.92 Å². The number of Topliss-reactive ketones (excluding diaryl/α,β-unsaturated/α-hetero) is 1. The fourth-order valence-electron chi connectivity index (χ4n) is 4.65. The summed E-state index contributed by atoms with van der Waals surface area (Å²) in [4.78, 5) is 21.7. The van der Waals surface area contributed by atoms with Crippen LogP contribution in [-0.2, 0) is 0 Å². The minimum absolute atomic E-state index is 0.152. The van der Waals surface area contributed by atoms with Crippen molar-refractivity contribution in [2.24, 2.45) is 16.6 Å². The molecular weight excluding hydrogens is 410 g/mol. The smallest absolute Gasteiger partial charge is 0.169 e. The van der Waals surface area contributed by atoms with Crippen LogP contribution in [0.15, 0.2) is 53.7 Å². The van der Waals surface area contributed by atoms with E-state index in [-0.39, 0.29) is 17.7 Å². The van der Waals surface area contributed by atoms with E-state index in [4.69, 9.17) is 5.73 Å². The summed E-state index contributed by atoms with van der Waals surface area (Å²) >= 11 is 0. The van der Waals surface area contributed by atoms with Crippen LogP contribution in [0.1, 0.15) is 48.9 Å². The van der Waals surface area contributed by atoms with Crippen LogP contribution in [0.3, 0.4) is 0 Å². The highest BCUT2D eigenvalue weighted by Crippen LogP contribution is 2.38. The van der Waals surface area contributed by atoms with Gasteiger partial charge in [-0.15, -0.1) is 0 Å². The number of aromatic nitrogens is 1. The second kappa shape index (κ2) is 9.32. The average Bonchev–Trinajstić information content (AvgIpc) is 3.70. The second-order valence-electron chi connectivity index (χ2n) is 9.28. The summed E-state index contributed by atoms with van der Waals surface area (Å²) in [6.45, 7) is 0. The van der Waals surface area contributed by atoms with Crippen molar-refractivity contribution in [2.45, 2.75) is 50.6 Å². The Balaban J connectivity index is 1.53. The number of pyridine rings is 1. The van der Waals surface area contributed by atoms with E-state index in [1.165, 1.54) is 0 Å². The van der Waals surface area contributed by atoms with E-state index in [9.17, 15) is 4.79 Å². The Labute approximate surface area is 194 Å². The fraction of sp³-hybridized carbons (Fsp3) is 0.370. The van der Waals surface area contributed by atoms with Gasteiger partial charge < -0.3 is 16.4 Å². The van der Waals surface area contributed by atoms with Gasteiger partial charge >= 0.3 is 0 Å². The summed E-state index contributed by atoms with van der Waals surface area (Å²) < 4.78 is 0. The number of rotatable bonds is 7. The number of ketones is 1. The maximum atomic E-state index is 13.1. The Morgan fingerprint density at radius 3 is 2.45 bits per heavy atom. The number of nitrogens with two attached hydrogens (primary N) is 1. The van der Waals surface area contributed by atoms with Crippen molar-refractivity contribution >= 4 is 34.4 Å². The Morgan fingerprint density at radius 1 is 1.03 bits per heavy atom. The zero-order valence-corrected chi connectivity index (χ0v) is 19.1. The Morgan fingerprint density at radius 2 is 1.76 bits per heavy atom. The van der Waals surface area contributed by atoms with E-state index in [1.54, 1.807) is 19.6 Å². The molecule has 5 rings (SSSR count). The molecule has 6 nitrogen and oxygen atoms in total. The Kier molecular flexibility index (Phi) is 6.09. The van der Waals surface area contributed by atoms with Gasteiger partial charge in [0.05, 0.1) is 23.1 Å². The summed E-state index contributed by atoms with van der Waals surface area (Å²) in [5, 5.41) is 7.89. The van der Waals surface area contributed by atoms with Crippen molar-refractivity contribution in [3.05, 3.63) is 54.2 Å². The van der Waals surface area contributed by atoms with Crippen LogP contribution < -0.4 is 16.4 Å². The molecule has 0 amide bonds. The summed E-state index contributed by atoms with van der Waals surface area (Å²) in [7, 11) is 1.74. The highest BCUT2D eigenvalue weighted by atomic mass is 16.1. The van der Waals surface area contributed by atoms with Crippen LogP contribution in [0.2, 0.25) is 0 Å². The first-order chi connectivity index (χ1) is 16.1. The Bertz CT molecular complexity index is 1180. The minimum atomic E-state index is 0.152. The van der Waals surface area contributed by atoms with Gasteiger partial charge in [-0.25, -0.2) is 0 Å². The van der Waals surface area contributed by atoms with Crippen LogP contribution in [0.5, 0.6) is 0 Å². The van der Waals surface area contributed by atoms with Gasteiger partial charge in [0.2, 0.25) is 0 Å². The number of nitrogens with one attached hydrogen (secondary N) is 2. The van der Waals surface area contributed by atoms with E-state index < -0.39 is 0 Å². The van der Waals surface area contributed by atoms with Crippen LogP contribution in [0.25, 0.3) is 22.0 Å². The predicted molar refractivity (Wildman–Crippen MR) is 136 cm³/mol. The maximum Gasteiger partial charge on any atom is 0.169 e.